The Labute approximate surface area is 474 Å². The van der Waals surface area contributed by atoms with Gasteiger partial charge in [0.05, 0.1) is 6.61 Å². The Bertz CT molecular complexity index is 1340. The van der Waals surface area contributed by atoms with Crippen LogP contribution in [-0.4, -0.2) is 72.6 Å². The van der Waals surface area contributed by atoms with Gasteiger partial charge in [0.2, 0.25) is 0 Å². The minimum absolute atomic E-state index is 0.0606. The summed E-state index contributed by atoms with van der Waals surface area (Å²) < 4.78 is 30.5. The van der Waals surface area contributed by atoms with E-state index in [1.165, 1.54) is 141 Å². The van der Waals surface area contributed by atoms with E-state index in [0.29, 0.717) is 32.1 Å². The topological polar surface area (TPSA) is 152 Å². The molecule has 11 nitrogen and oxygen atoms in total. The molecule has 0 radical (unpaired) electrons. The lowest BCUT2D eigenvalue weighted by Gasteiger charge is -2.35. The van der Waals surface area contributed by atoms with Crippen LogP contribution in [0.5, 0.6) is 0 Å². The molecule has 0 saturated heterocycles. The number of unbranched alkanes of at least 4 members (excludes halogenated alkanes) is 40. The van der Waals surface area contributed by atoms with Crippen LogP contribution < -0.4 is 0 Å². The SMILES string of the molecule is CCCCCCCCCCCC(=O)OC[C@H](OC(=O)CCCCCCCCCCC)[C@@H](OC(=O)CCCCCCCCCCC)[C@H](OC(=O)CCCCCCCCCCC)[C@@H](CO)OC(=O)CCCCCCCCCCC. The number of ether oxygens (including phenoxy) is 5. The molecule has 0 spiro atoms. The third-order valence-electron chi connectivity index (χ3n) is 15.2. The average molecular weight is 1090 g/mol. The summed E-state index contributed by atoms with van der Waals surface area (Å²) in [6.07, 6.45) is 42.6. The predicted molar refractivity (Wildman–Crippen MR) is 317 cm³/mol. The molecule has 0 saturated carbocycles. The van der Waals surface area contributed by atoms with Gasteiger partial charge in [-0.3, -0.25) is 24.0 Å². The van der Waals surface area contributed by atoms with Crippen LogP contribution in [0.2, 0.25) is 0 Å². The number of hydrogen-bond donors (Lipinski definition) is 1. The molecule has 4 atom stereocenters. The van der Waals surface area contributed by atoms with Crippen LogP contribution in [0, 0.1) is 0 Å². The highest BCUT2D eigenvalue weighted by atomic mass is 16.6. The Morgan fingerprint density at radius 1 is 0.260 bits per heavy atom. The van der Waals surface area contributed by atoms with E-state index in [0.717, 1.165) is 116 Å². The maximum Gasteiger partial charge on any atom is 0.306 e. The van der Waals surface area contributed by atoms with E-state index >= 15 is 0 Å². The summed E-state index contributed by atoms with van der Waals surface area (Å²) >= 11 is 0. The second-order valence-corrected chi connectivity index (χ2v) is 22.7. The van der Waals surface area contributed by atoms with Crippen LogP contribution in [-0.2, 0) is 47.7 Å². The maximum atomic E-state index is 14.0. The predicted octanol–water partition coefficient (Wildman–Crippen LogP) is 18.8. The molecule has 0 aliphatic heterocycles. The first-order valence-electron chi connectivity index (χ1n) is 33.2. The summed E-state index contributed by atoms with van der Waals surface area (Å²) in [7, 11) is 0. The molecule has 0 aromatic heterocycles. The monoisotopic (exact) mass is 1090 g/mol. The summed E-state index contributed by atoms with van der Waals surface area (Å²) in [5.74, 6) is -2.81. The van der Waals surface area contributed by atoms with Crippen molar-refractivity contribution in [3.05, 3.63) is 0 Å². The number of rotatable bonds is 60. The van der Waals surface area contributed by atoms with E-state index < -0.39 is 67.5 Å². The minimum atomic E-state index is -1.55. The molecule has 0 heterocycles. The highest BCUT2D eigenvalue weighted by molar-refractivity contribution is 5.72. The molecule has 1 N–H and O–H groups in total. The zero-order valence-electron chi connectivity index (χ0n) is 51.1. The molecule has 0 amide bonds. The van der Waals surface area contributed by atoms with Gasteiger partial charge in [-0.25, -0.2) is 0 Å². The van der Waals surface area contributed by atoms with Crippen molar-refractivity contribution in [2.24, 2.45) is 0 Å². The largest absolute Gasteiger partial charge is 0.462 e. The third-order valence-corrected chi connectivity index (χ3v) is 15.2. The first-order chi connectivity index (χ1) is 37.7. The minimum Gasteiger partial charge on any atom is -0.462 e. The highest BCUT2D eigenvalue weighted by Crippen LogP contribution is 2.25. The van der Waals surface area contributed by atoms with Crippen molar-refractivity contribution in [2.45, 2.75) is 380 Å². The molecule has 0 aromatic carbocycles. The van der Waals surface area contributed by atoms with E-state index in [1.54, 1.807) is 0 Å². The van der Waals surface area contributed by atoms with Crippen LogP contribution >= 0.6 is 0 Å². The van der Waals surface area contributed by atoms with Gasteiger partial charge < -0.3 is 28.8 Å². The van der Waals surface area contributed by atoms with Gasteiger partial charge in [-0.1, -0.05) is 291 Å². The van der Waals surface area contributed by atoms with Crippen LogP contribution in [0.4, 0.5) is 0 Å². The Morgan fingerprint density at radius 2 is 0.455 bits per heavy atom. The van der Waals surface area contributed by atoms with Gasteiger partial charge >= 0.3 is 29.8 Å². The quantitative estimate of drug-likeness (QED) is 0.0352. The summed E-state index contributed by atoms with van der Waals surface area (Å²) in [4.78, 5) is 69.0. The number of carbonyl (C=O) groups is 5. The number of carbonyl (C=O) groups excluding carboxylic acids is 5. The third kappa shape index (κ3) is 48.9. The fourth-order valence-electron chi connectivity index (χ4n) is 10.1. The molecular weight excluding hydrogens is 969 g/mol. The molecule has 0 bridgehead atoms. The normalized spacial score (nSPS) is 13.0. The van der Waals surface area contributed by atoms with E-state index in [2.05, 4.69) is 34.6 Å². The van der Waals surface area contributed by atoms with E-state index in [-0.39, 0.29) is 32.1 Å². The number of aliphatic hydroxyl groups is 1. The first kappa shape index (κ1) is 74.3. The molecule has 0 aliphatic rings. The van der Waals surface area contributed by atoms with Crippen molar-refractivity contribution in [3.63, 3.8) is 0 Å². The Hall–Kier alpha value is -2.69. The number of esters is 5. The Morgan fingerprint density at radius 3 is 0.701 bits per heavy atom. The summed E-state index contributed by atoms with van der Waals surface area (Å²) in [5, 5.41) is 11.1. The summed E-state index contributed by atoms with van der Waals surface area (Å²) in [5.41, 5.74) is 0. The van der Waals surface area contributed by atoms with Crippen molar-refractivity contribution >= 4 is 29.8 Å². The Balaban J connectivity index is 6.68. The van der Waals surface area contributed by atoms with Crippen LogP contribution in [0.15, 0.2) is 0 Å². The number of aliphatic hydroxyl groups excluding tert-OH is 1. The molecule has 454 valence electrons. The summed E-state index contributed by atoms with van der Waals surface area (Å²) in [6.45, 7) is 9.84. The lowest BCUT2D eigenvalue weighted by atomic mass is 10.0. The van der Waals surface area contributed by atoms with Crippen LogP contribution in [0.25, 0.3) is 0 Å². The maximum absolute atomic E-state index is 14.0. The highest BCUT2D eigenvalue weighted by Gasteiger charge is 2.45. The molecular formula is C66H124O11. The van der Waals surface area contributed by atoms with Gasteiger partial charge in [-0.2, -0.15) is 0 Å². The van der Waals surface area contributed by atoms with E-state index in [1.807, 2.05) is 0 Å². The van der Waals surface area contributed by atoms with E-state index in [4.69, 9.17) is 23.7 Å². The van der Waals surface area contributed by atoms with Crippen molar-refractivity contribution < 1.29 is 52.8 Å². The molecule has 11 heteroatoms. The average Bonchev–Trinajstić information content (AvgIpc) is 3.42. The molecule has 0 aromatic rings. The lowest BCUT2D eigenvalue weighted by molar-refractivity contribution is -0.208. The first-order valence-corrected chi connectivity index (χ1v) is 33.2. The van der Waals surface area contributed by atoms with Gasteiger partial charge in [0.1, 0.15) is 6.61 Å². The van der Waals surface area contributed by atoms with Gasteiger partial charge in [-0.15, -0.1) is 0 Å². The fraction of sp³-hybridized carbons (Fsp3) is 0.924. The molecule has 77 heavy (non-hydrogen) atoms. The molecule has 0 fully saturated rings. The molecule has 0 rings (SSSR count). The van der Waals surface area contributed by atoms with Crippen molar-refractivity contribution in [1.29, 1.82) is 0 Å². The Kier molecular flexibility index (Phi) is 56.0. The summed E-state index contributed by atoms with van der Waals surface area (Å²) in [6, 6.07) is 0. The second kappa shape index (κ2) is 58.0. The second-order valence-electron chi connectivity index (χ2n) is 22.7. The number of hydrogen-bond acceptors (Lipinski definition) is 11. The van der Waals surface area contributed by atoms with Crippen LogP contribution in [0.3, 0.4) is 0 Å². The smallest absolute Gasteiger partial charge is 0.306 e. The van der Waals surface area contributed by atoms with Gasteiger partial charge in [0, 0.05) is 32.1 Å². The van der Waals surface area contributed by atoms with Gasteiger partial charge in [-0.05, 0) is 32.1 Å². The standard InChI is InChI=1S/C66H124O11/c1-6-11-16-21-26-31-36-41-46-51-60(68)73-57-59(75-62(70)53-48-43-38-33-28-23-18-13-8-3)66(77-64(72)55-50-45-40-35-30-25-20-15-10-5)65(76-63(71)54-49-44-39-34-29-24-19-14-9-4)58(56-67)74-61(69)52-47-42-37-32-27-22-17-12-7-2/h58-59,65-67H,6-57H2,1-5H3/t58-,59+,65-,66-/m1/s1. The van der Waals surface area contributed by atoms with E-state index in [9.17, 15) is 29.1 Å². The zero-order chi connectivity index (χ0) is 56.5. The van der Waals surface area contributed by atoms with Crippen LogP contribution in [0.1, 0.15) is 356 Å². The van der Waals surface area contributed by atoms with Gasteiger partial charge in [0.15, 0.2) is 24.4 Å². The van der Waals surface area contributed by atoms with Crippen molar-refractivity contribution in [1.82, 2.24) is 0 Å². The van der Waals surface area contributed by atoms with Crippen molar-refractivity contribution in [3.8, 4) is 0 Å². The fourth-order valence-corrected chi connectivity index (χ4v) is 10.1. The van der Waals surface area contributed by atoms with Gasteiger partial charge in [0.25, 0.3) is 0 Å². The molecule has 0 unspecified atom stereocenters. The zero-order valence-corrected chi connectivity index (χ0v) is 51.1. The lowest BCUT2D eigenvalue weighted by Crippen LogP contribution is -2.54. The van der Waals surface area contributed by atoms with Crippen molar-refractivity contribution in [2.75, 3.05) is 13.2 Å². The molecule has 0 aliphatic carbocycles.